The molecule has 0 spiro atoms. The molecule has 2 N–H and O–H groups in total. The fourth-order valence-electron chi connectivity index (χ4n) is 7.13. The van der Waals surface area contributed by atoms with Crippen molar-refractivity contribution in [2.24, 2.45) is 5.92 Å². The van der Waals surface area contributed by atoms with Crippen molar-refractivity contribution in [1.82, 2.24) is 14.7 Å². The molecule has 1 aromatic heterocycles. The van der Waals surface area contributed by atoms with Gasteiger partial charge in [0, 0.05) is 36.4 Å². The number of allylic oxidation sites excluding steroid dienone is 3. The minimum Gasteiger partial charge on any atom is -0.394 e. The number of benzene rings is 3. The average molecular weight is 687 g/mol. The zero-order chi connectivity index (χ0) is 36.3. The van der Waals surface area contributed by atoms with E-state index in [-0.39, 0.29) is 37.1 Å². The van der Waals surface area contributed by atoms with Crippen molar-refractivity contribution >= 4 is 28.3 Å². The number of aliphatic hydroxyl groups is 2. The van der Waals surface area contributed by atoms with E-state index in [0.717, 1.165) is 34.9 Å². The van der Waals surface area contributed by atoms with Crippen LogP contribution in [0.1, 0.15) is 63.6 Å². The second-order valence-electron chi connectivity index (χ2n) is 14.0. The first-order valence-electron chi connectivity index (χ1n) is 17.6. The molecule has 9 nitrogen and oxygen atoms in total. The lowest BCUT2D eigenvalue weighted by Gasteiger charge is -2.36. The summed E-state index contributed by atoms with van der Waals surface area (Å²) in [5.41, 5.74) is 3.67. The number of aliphatic hydroxyl groups excluding tert-OH is 1. The van der Waals surface area contributed by atoms with Crippen molar-refractivity contribution in [2.45, 2.75) is 71.6 Å². The number of aromatic nitrogens is 2. The monoisotopic (exact) mass is 686 g/mol. The summed E-state index contributed by atoms with van der Waals surface area (Å²) >= 11 is 0. The Morgan fingerprint density at radius 2 is 1.76 bits per heavy atom. The SMILES string of the molecule is CC(C)=CCC/C(C)=C/CN1C(=O)[C@](O)([C@H](C)/C=C/CC(=O)N2Cc3ccccc3C[C@H]2CO)c2cc(-n3ncc4ccccc4c3=O)ccc21. The van der Waals surface area contributed by atoms with Crippen molar-refractivity contribution in [3.05, 3.63) is 135 Å². The summed E-state index contributed by atoms with van der Waals surface area (Å²) in [5.74, 6) is -1.34. The zero-order valence-corrected chi connectivity index (χ0v) is 29.8. The van der Waals surface area contributed by atoms with E-state index in [1.807, 2.05) is 49.4 Å². The molecule has 0 fully saturated rings. The van der Waals surface area contributed by atoms with Crippen LogP contribution in [0.2, 0.25) is 0 Å². The van der Waals surface area contributed by atoms with Crippen molar-refractivity contribution < 1.29 is 19.8 Å². The first-order chi connectivity index (χ1) is 24.5. The van der Waals surface area contributed by atoms with Gasteiger partial charge in [0.1, 0.15) is 0 Å². The van der Waals surface area contributed by atoms with E-state index < -0.39 is 17.4 Å². The highest BCUT2D eigenvalue weighted by atomic mass is 16.3. The third kappa shape index (κ3) is 7.09. The third-order valence-corrected chi connectivity index (χ3v) is 10.2. The predicted octanol–water partition coefficient (Wildman–Crippen LogP) is 6.14. The van der Waals surface area contributed by atoms with E-state index in [2.05, 4.69) is 25.0 Å². The van der Waals surface area contributed by atoms with Crippen LogP contribution >= 0.6 is 0 Å². The summed E-state index contributed by atoms with van der Waals surface area (Å²) in [6.45, 7) is 8.49. The van der Waals surface area contributed by atoms with Gasteiger partial charge >= 0.3 is 0 Å². The summed E-state index contributed by atoms with van der Waals surface area (Å²) in [6.07, 6.45) is 11.6. The van der Waals surface area contributed by atoms with Gasteiger partial charge in [0.25, 0.3) is 11.5 Å². The standard InChI is InChI=1S/C42H46N4O5/c1-28(2)11-9-12-29(3)21-22-44-38-20-19-34(46-40(49)36-17-8-7-15-32(36)25-43-46)24-37(38)42(51,41(44)50)30(4)13-10-18-39(48)45-26-33-16-6-5-14-31(33)23-35(45)27-47/h5-8,10-11,13-17,19-21,24-25,30,35,47,51H,9,12,18,22-23,26-27H2,1-4H3/b13-10+,29-21+/t30-,35+,42+/m1/s1. The van der Waals surface area contributed by atoms with E-state index in [0.29, 0.717) is 35.3 Å². The maximum Gasteiger partial charge on any atom is 0.279 e. The van der Waals surface area contributed by atoms with Crippen molar-refractivity contribution in [3.8, 4) is 5.69 Å². The molecular weight excluding hydrogens is 640 g/mol. The van der Waals surface area contributed by atoms with Gasteiger partial charge in [-0.2, -0.15) is 9.78 Å². The Bertz CT molecular complexity index is 2110. The number of amides is 2. The maximum absolute atomic E-state index is 14.3. The van der Waals surface area contributed by atoms with Gasteiger partial charge in [0.15, 0.2) is 5.60 Å². The van der Waals surface area contributed by atoms with Crippen LogP contribution in [0.15, 0.2) is 113 Å². The highest BCUT2D eigenvalue weighted by molar-refractivity contribution is 6.07. The molecule has 3 aromatic carbocycles. The molecule has 4 aromatic rings. The van der Waals surface area contributed by atoms with Gasteiger partial charge in [-0.25, -0.2) is 0 Å². The highest BCUT2D eigenvalue weighted by Gasteiger charge is 2.52. The quantitative estimate of drug-likeness (QED) is 0.183. The van der Waals surface area contributed by atoms with Crippen LogP contribution in [-0.4, -0.2) is 55.9 Å². The Morgan fingerprint density at radius 1 is 1.02 bits per heavy atom. The zero-order valence-electron chi connectivity index (χ0n) is 29.8. The first kappa shape index (κ1) is 35.7. The van der Waals surface area contributed by atoms with E-state index in [9.17, 15) is 24.6 Å². The minimum absolute atomic E-state index is 0.0495. The minimum atomic E-state index is -1.97. The third-order valence-electron chi connectivity index (χ3n) is 10.2. The Labute approximate surface area is 298 Å². The molecule has 0 saturated heterocycles. The van der Waals surface area contributed by atoms with Crippen LogP contribution in [0.5, 0.6) is 0 Å². The molecule has 0 bridgehead atoms. The summed E-state index contributed by atoms with van der Waals surface area (Å²) in [7, 11) is 0. The Hall–Kier alpha value is -5.12. The van der Waals surface area contributed by atoms with E-state index in [1.54, 1.807) is 65.4 Å². The lowest BCUT2D eigenvalue weighted by molar-refractivity contribution is -0.139. The lowest BCUT2D eigenvalue weighted by Crippen LogP contribution is -2.46. The molecule has 3 atom stereocenters. The number of carbonyl (C=O) groups is 2. The molecule has 0 unspecified atom stereocenters. The van der Waals surface area contributed by atoms with Crippen molar-refractivity contribution in [1.29, 1.82) is 0 Å². The Morgan fingerprint density at radius 3 is 2.53 bits per heavy atom. The molecule has 0 radical (unpaired) electrons. The van der Waals surface area contributed by atoms with Crippen molar-refractivity contribution in [3.63, 3.8) is 0 Å². The van der Waals surface area contributed by atoms with Gasteiger partial charge in [-0.05, 0) is 75.4 Å². The van der Waals surface area contributed by atoms with Crippen LogP contribution in [0.25, 0.3) is 16.5 Å². The molecule has 6 rings (SSSR count). The number of nitrogens with zero attached hydrogens (tertiary/aromatic N) is 4. The number of hydrogen-bond acceptors (Lipinski definition) is 6. The molecular formula is C42H46N4O5. The fraction of sp³-hybridized carbons (Fsp3) is 0.333. The maximum atomic E-state index is 14.3. The van der Waals surface area contributed by atoms with Crippen molar-refractivity contribution in [2.75, 3.05) is 18.1 Å². The van der Waals surface area contributed by atoms with Crippen LogP contribution < -0.4 is 10.5 Å². The van der Waals surface area contributed by atoms with E-state index >= 15 is 0 Å². The van der Waals surface area contributed by atoms with Gasteiger partial charge in [-0.3, -0.25) is 14.4 Å². The van der Waals surface area contributed by atoms with E-state index in [1.165, 1.54) is 10.3 Å². The molecule has 51 heavy (non-hydrogen) atoms. The van der Waals surface area contributed by atoms with Gasteiger partial charge in [0.05, 0.1) is 35.6 Å². The number of hydrogen-bond donors (Lipinski definition) is 2. The molecule has 0 saturated carbocycles. The largest absolute Gasteiger partial charge is 0.394 e. The highest BCUT2D eigenvalue weighted by Crippen LogP contribution is 2.46. The summed E-state index contributed by atoms with van der Waals surface area (Å²) < 4.78 is 1.29. The summed E-state index contributed by atoms with van der Waals surface area (Å²) in [6, 6.07) is 20.0. The smallest absolute Gasteiger partial charge is 0.279 e. The molecule has 2 aliphatic heterocycles. The molecule has 2 aliphatic rings. The predicted molar refractivity (Wildman–Crippen MR) is 201 cm³/mol. The van der Waals surface area contributed by atoms with Gasteiger partial charge in [-0.15, -0.1) is 0 Å². The number of carbonyl (C=O) groups excluding carboxylic acids is 2. The lowest BCUT2D eigenvalue weighted by atomic mass is 9.82. The van der Waals surface area contributed by atoms with E-state index in [4.69, 9.17) is 0 Å². The normalized spacial score (nSPS) is 19.4. The average Bonchev–Trinajstić information content (AvgIpc) is 3.35. The summed E-state index contributed by atoms with van der Waals surface area (Å²) in [5, 5.41) is 28.1. The van der Waals surface area contributed by atoms with Gasteiger partial charge < -0.3 is 20.0 Å². The second-order valence-corrected chi connectivity index (χ2v) is 14.0. The topological polar surface area (TPSA) is 116 Å². The van der Waals surface area contributed by atoms with Crippen LogP contribution in [-0.2, 0) is 28.2 Å². The van der Waals surface area contributed by atoms with Gasteiger partial charge in [-0.1, -0.05) is 84.8 Å². The number of fused-ring (bicyclic) bond motifs is 3. The Balaban J connectivity index is 1.30. The molecule has 2 amide bonds. The van der Waals surface area contributed by atoms with Crippen LogP contribution in [0, 0.1) is 5.92 Å². The number of rotatable bonds is 11. The number of anilines is 1. The van der Waals surface area contributed by atoms with Crippen LogP contribution in [0.3, 0.4) is 0 Å². The van der Waals surface area contributed by atoms with Gasteiger partial charge in [0.2, 0.25) is 5.91 Å². The summed E-state index contributed by atoms with van der Waals surface area (Å²) in [4.78, 5) is 44.5. The Kier molecular flexibility index (Phi) is 10.5. The second kappa shape index (κ2) is 15.0. The molecule has 0 aliphatic carbocycles. The molecule has 3 heterocycles. The first-order valence-corrected chi connectivity index (χ1v) is 17.6. The molecule has 264 valence electrons. The molecule has 9 heteroatoms. The van der Waals surface area contributed by atoms with Crippen LogP contribution in [0.4, 0.5) is 5.69 Å². The fourth-order valence-corrected chi connectivity index (χ4v) is 7.13.